The summed E-state index contributed by atoms with van der Waals surface area (Å²) < 4.78 is 5.78. The molecule has 1 aliphatic heterocycles. The van der Waals surface area contributed by atoms with Crippen molar-refractivity contribution in [2.24, 2.45) is 5.92 Å². The summed E-state index contributed by atoms with van der Waals surface area (Å²) in [5, 5.41) is 0.835. The standard InChI is InChI=1S/C16H20Cl2O/c17-13-9-12-7-8-19-16(12)14(10-13)15(18)11-5-3-1-2-4-6-11/h9-11,15H,1-8H2. The van der Waals surface area contributed by atoms with Gasteiger partial charge in [-0.05, 0) is 36.5 Å². The van der Waals surface area contributed by atoms with Crippen LogP contribution in [0.3, 0.4) is 0 Å². The molecule has 0 bridgehead atoms. The van der Waals surface area contributed by atoms with Crippen molar-refractivity contribution in [3.8, 4) is 5.75 Å². The summed E-state index contributed by atoms with van der Waals surface area (Å²) in [7, 11) is 0. The summed E-state index contributed by atoms with van der Waals surface area (Å²) >= 11 is 13.0. The van der Waals surface area contributed by atoms with Gasteiger partial charge in [0, 0.05) is 17.0 Å². The van der Waals surface area contributed by atoms with E-state index in [2.05, 4.69) is 0 Å². The molecule has 1 aromatic carbocycles. The summed E-state index contributed by atoms with van der Waals surface area (Å²) in [6.45, 7) is 0.761. The minimum Gasteiger partial charge on any atom is -0.493 e. The molecule has 104 valence electrons. The lowest BCUT2D eigenvalue weighted by Gasteiger charge is -2.22. The molecule has 0 spiro atoms. The van der Waals surface area contributed by atoms with E-state index < -0.39 is 0 Å². The Morgan fingerprint density at radius 2 is 1.84 bits per heavy atom. The van der Waals surface area contributed by atoms with Crippen LogP contribution in [0.15, 0.2) is 12.1 Å². The van der Waals surface area contributed by atoms with Gasteiger partial charge < -0.3 is 4.74 Å². The molecule has 3 heteroatoms. The van der Waals surface area contributed by atoms with Gasteiger partial charge in [-0.2, -0.15) is 0 Å². The fraction of sp³-hybridized carbons (Fsp3) is 0.625. The maximum Gasteiger partial charge on any atom is 0.127 e. The Morgan fingerprint density at radius 1 is 1.11 bits per heavy atom. The first kappa shape index (κ1) is 13.6. The van der Waals surface area contributed by atoms with Crippen molar-refractivity contribution in [3.05, 3.63) is 28.3 Å². The van der Waals surface area contributed by atoms with Crippen molar-refractivity contribution in [2.45, 2.75) is 50.3 Å². The average Bonchev–Trinajstić information content (AvgIpc) is 2.70. The lowest BCUT2D eigenvalue weighted by molar-refractivity contribution is 0.347. The molecule has 19 heavy (non-hydrogen) atoms. The molecule has 3 rings (SSSR count). The Balaban J connectivity index is 1.88. The Labute approximate surface area is 125 Å². The van der Waals surface area contributed by atoms with Crippen molar-refractivity contribution in [1.29, 1.82) is 0 Å². The molecule has 1 saturated carbocycles. The number of ether oxygens (including phenoxy) is 1. The van der Waals surface area contributed by atoms with Gasteiger partial charge in [0.2, 0.25) is 0 Å². The average molecular weight is 299 g/mol. The van der Waals surface area contributed by atoms with Gasteiger partial charge >= 0.3 is 0 Å². The first-order chi connectivity index (χ1) is 9.25. The molecule has 1 aliphatic carbocycles. The molecule has 1 heterocycles. The zero-order valence-electron chi connectivity index (χ0n) is 11.1. The summed E-state index contributed by atoms with van der Waals surface area (Å²) in [6, 6.07) is 4.03. The molecule has 1 fully saturated rings. The van der Waals surface area contributed by atoms with Crippen molar-refractivity contribution in [3.63, 3.8) is 0 Å². The SMILES string of the molecule is Clc1cc2c(c(C(Cl)C3CCCCCC3)c1)OCC2. The van der Waals surface area contributed by atoms with Gasteiger partial charge in [0.1, 0.15) is 5.75 Å². The number of hydrogen-bond acceptors (Lipinski definition) is 1. The van der Waals surface area contributed by atoms with E-state index in [0.29, 0.717) is 5.92 Å². The van der Waals surface area contributed by atoms with E-state index in [9.17, 15) is 0 Å². The predicted molar refractivity (Wildman–Crippen MR) is 80.4 cm³/mol. The number of benzene rings is 1. The van der Waals surface area contributed by atoms with E-state index in [1.165, 1.54) is 44.1 Å². The van der Waals surface area contributed by atoms with Gasteiger partial charge in [-0.25, -0.2) is 0 Å². The first-order valence-corrected chi connectivity index (χ1v) is 8.16. The van der Waals surface area contributed by atoms with Gasteiger partial charge in [0.15, 0.2) is 0 Å². The minimum atomic E-state index is 0.0450. The van der Waals surface area contributed by atoms with E-state index in [4.69, 9.17) is 27.9 Å². The van der Waals surface area contributed by atoms with Gasteiger partial charge in [0.05, 0.1) is 12.0 Å². The van der Waals surface area contributed by atoms with E-state index >= 15 is 0 Å². The van der Waals surface area contributed by atoms with Crippen LogP contribution in [0.1, 0.15) is 55.0 Å². The van der Waals surface area contributed by atoms with E-state index in [1.54, 1.807) is 0 Å². The summed E-state index contributed by atoms with van der Waals surface area (Å²) in [4.78, 5) is 0. The van der Waals surface area contributed by atoms with Crippen molar-refractivity contribution in [1.82, 2.24) is 0 Å². The molecule has 0 aromatic heterocycles. The van der Waals surface area contributed by atoms with Crippen molar-refractivity contribution in [2.75, 3.05) is 6.61 Å². The third-order valence-electron chi connectivity index (χ3n) is 4.39. The van der Waals surface area contributed by atoms with Crippen LogP contribution in [0.25, 0.3) is 0 Å². The van der Waals surface area contributed by atoms with Crippen molar-refractivity contribution < 1.29 is 4.74 Å². The molecule has 1 atom stereocenters. The van der Waals surface area contributed by atoms with Crippen LogP contribution in [0.5, 0.6) is 5.75 Å². The topological polar surface area (TPSA) is 9.23 Å². The molecule has 1 nitrogen and oxygen atoms in total. The van der Waals surface area contributed by atoms with Crippen LogP contribution in [-0.4, -0.2) is 6.61 Å². The quantitative estimate of drug-likeness (QED) is 0.515. The van der Waals surface area contributed by atoms with E-state index in [1.807, 2.05) is 12.1 Å². The third kappa shape index (κ3) is 2.87. The van der Waals surface area contributed by atoms with Crippen LogP contribution in [0.4, 0.5) is 0 Å². The summed E-state index contributed by atoms with van der Waals surface area (Å²) in [6.07, 6.45) is 8.73. The number of alkyl halides is 1. The summed E-state index contributed by atoms with van der Waals surface area (Å²) in [5.74, 6) is 1.57. The molecular weight excluding hydrogens is 279 g/mol. The lowest BCUT2D eigenvalue weighted by Crippen LogP contribution is -2.08. The molecule has 0 amide bonds. The van der Waals surface area contributed by atoms with Crippen LogP contribution in [-0.2, 0) is 6.42 Å². The molecule has 0 saturated heterocycles. The van der Waals surface area contributed by atoms with Gasteiger partial charge in [-0.3, -0.25) is 0 Å². The number of rotatable bonds is 2. The Hall–Kier alpha value is -0.400. The van der Waals surface area contributed by atoms with Gasteiger partial charge in [-0.15, -0.1) is 11.6 Å². The molecule has 0 radical (unpaired) electrons. The Morgan fingerprint density at radius 3 is 2.58 bits per heavy atom. The van der Waals surface area contributed by atoms with Gasteiger partial charge in [-0.1, -0.05) is 37.3 Å². The largest absolute Gasteiger partial charge is 0.493 e. The number of halogens is 2. The Bertz CT molecular complexity index is 450. The molecular formula is C16H20Cl2O. The second kappa shape index (κ2) is 5.93. The monoisotopic (exact) mass is 298 g/mol. The van der Waals surface area contributed by atoms with E-state index in [-0.39, 0.29) is 5.38 Å². The second-order valence-electron chi connectivity index (χ2n) is 5.74. The predicted octanol–water partition coefficient (Wildman–Crippen LogP) is 5.53. The lowest BCUT2D eigenvalue weighted by atomic mass is 9.90. The highest BCUT2D eigenvalue weighted by molar-refractivity contribution is 6.31. The molecule has 2 aliphatic rings. The fourth-order valence-electron chi connectivity index (χ4n) is 3.36. The smallest absolute Gasteiger partial charge is 0.127 e. The molecule has 1 aromatic rings. The van der Waals surface area contributed by atoms with E-state index in [0.717, 1.165) is 29.4 Å². The van der Waals surface area contributed by atoms with Crippen LogP contribution in [0.2, 0.25) is 5.02 Å². The highest BCUT2D eigenvalue weighted by atomic mass is 35.5. The van der Waals surface area contributed by atoms with Crippen LogP contribution in [0, 0.1) is 5.92 Å². The number of fused-ring (bicyclic) bond motifs is 1. The fourth-order valence-corrected chi connectivity index (χ4v) is 4.02. The maximum atomic E-state index is 6.77. The zero-order valence-corrected chi connectivity index (χ0v) is 12.6. The second-order valence-corrected chi connectivity index (χ2v) is 6.64. The molecule has 0 N–H and O–H groups in total. The van der Waals surface area contributed by atoms with Crippen LogP contribution >= 0.6 is 23.2 Å². The number of hydrogen-bond donors (Lipinski definition) is 0. The van der Waals surface area contributed by atoms with Crippen LogP contribution < -0.4 is 4.74 Å². The normalized spacial score (nSPS) is 21.6. The van der Waals surface area contributed by atoms with Crippen molar-refractivity contribution >= 4 is 23.2 Å². The highest BCUT2D eigenvalue weighted by Crippen LogP contribution is 2.45. The first-order valence-electron chi connectivity index (χ1n) is 7.35. The van der Waals surface area contributed by atoms with Gasteiger partial charge in [0.25, 0.3) is 0 Å². The Kier molecular flexibility index (Phi) is 4.24. The summed E-state index contributed by atoms with van der Waals surface area (Å²) in [5.41, 5.74) is 2.34. The maximum absolute atomic E-state index is 6.77. The third-order valence-corrected chi connectivity index (χ3v) is 5.20. The highest BCUT2D eigenvalue weighted by Gasteiger charge is 2.28. The minimum absolute atomic E-state index is 0.0450. The zero-order chi connectivity index (χ0) is 13.2. The molecule has 1 unspecified atom stereocenters.